The number of nitrogens with one attached hydrogen (secondary N) is 2. The molecule has 6 nitrogen and oxygen atoms in total. The van der Waals surface area contributed by atoms with Crippen LogP contribution in [0.5, 0.6) is 0 Å². The fraction of sp³-hybridized carbons (Fsp3) is 0.118. The van der Waals surface area contributed by atoms with Gasteiger partial charge in [-0.25, -0.2) is 9.18 Å². The summed E-state index contributed by atoms with van der Waals surface area (Å²) in [5.74, 6) is -1.81. The second kappa shape index (κ2) is 5.38. The van der Waals surface area contributed by atoms with E-state index < -0.39 is 29.2 Å². The van der Waals surface area contributed by atoms with Gasteiger partial charge in [-0.05, 0) is 18.2 Å². The predicted molar refractivity (Wildman–Crippen MR) is 90.1 cm³/mol. The third-order valence-corrected chi connectivity index (χ3v) is 4.87. The molecule has 0 saturated carbocycles. The van der Waals surface area contributed by atoms with E-state index in [1.54, 1.807) is 36.4 Å². The minimum absolute atomic E-state index is 0.0557. The van der Waals surface area contributed by atoms with E-state index in [9.17, 15) is 18.8 Å². The number of imide groups is 1. The van der Waals surface area contributed by atoms with Crippen molar-refractivity contribution in [1.82, 2.24) is 10.6 Å². The lowest BCUT2D eigenvalue weighted by molar-refractivity contribution is -0.134. The maximum absolute atomic E-state index is 14.2. The van der Waals surface area contributed by atoms with Crippen LogP contribution in [-0.4, -0.2) is 17.8 Å². The molecule has 0 aromatic heterocycles. The number of fused-ring (bicyclic) bond motifs is 2. The Balaban J connectivity index is 1.81. The van der Waals surface area contributed by atoms with Crippen LogP contribution in [0.3, 0.4) is 0 Å². The van der Waals surface area contributed by atoms with Crippen LogP contribution in [0.2, 0.25) is 0 Å². The van der Waals surface area contributed by atoms with Gasteiger partial charge in [0.15, 0.2) is 0 Å². The standard InChI is InChI=1S/C17H11BrFN3O3/c18-10-6-5-9(12(19)7-10)8-22-13-4-2-1-3-11(13)17(15(22)24)14(23)20-16(25)21-17/h1-7H,8H2,(H2,20,21,23,25). The van der Waals surface area contributed by atoms with Gasteiger partial charge in [-0.15, -0.1) is 0 Å². The SMILES string of the molecule is O=C1NC(=O)C2(N1)C(=O)N(Cc1ccc(Br)cc1F)c1ccccc12. The Labute approximate surface area is 150 Å². The number of carbonyl (C=O) groups is 3. The van der Waals surface area contributed by atoms with Gasteiger partial charge in [0.2, 0.25) is 5.54 Å². The van der Waals surface area contributed by atoms with Gasteiger partial charge < -0.3 is 10.2 Å². The molecular formula is C17H11BrFN3O3. The zero-order valence-corrected chi connectivity index (χ0v) is 14.3. The van der Waals surface area contributed by atoms with E-state index in [4.69, 9.17) is 0 Å². The number of hydrogen-bond acceptors (Lipinski definition) is 3. The van der Waals surface area contributed by atoms with Gasteiger partial charge in [0.25, 0.3) is 11.8 Å². The average Bonchev–Trinajstić information content (AvgIpc) is 3.00. The summed E-state index contributed by atoms with van der Waals surface area (Å²) in [4.78, 5) is 38.4. The highest BCUT2D eigenvalue weighted by molar-refractivity contribution is 9.10. The number of nitrogens with zero attached hydrogens (tertiary/aromatic N) is 1. The van der Waals surface area contributed by atoms with Crippen LogP contribution < -0.4 is 15.5 Å². The molecule has 2 aliphatic rings. The molecule has 2 aromatic carbocycles. The highest BCUT2D eigenvalue weighted by atomic mass is 79.9. The van der Waals surface area contributed by atoms with Gasteiger partial charge in [-0.1, -0.05) is 40.2 Å². The number of anilines is 1. The zero-order valence-electron chi connectivity index (χ0n) is 12.7. The maximum atomic E-state index is 14.2. The predicted octanol–water partition coefficient (Wildman–Crippen LogP) is 2.17. The first-order valence-electron chi connectivity index (χ1n) is 7.42. The lowest BCUT2D eigenvalue weighted by Gasteiger charge is -2.21. The first kappa shape index (κ1) is 15.8. The number of rotatable bonds is 2. The number of carbonyl (C=O) groups excluding carboxylic acids is 3. The van der Waals surface area contributed by atoms with Gasteiger partial charge in [0.1, 0.15) is 5.82 Å². The summed E-state index contributed by atoms with van der Waals surface area (Å²) in [5.41, 5.74) is -0.652. The number of amides is 4. The third kappa shape index (κ3) is 2.17. The molecule has 25 heavy (non-hydrogen) atoms. The third-order valence-electron chi connectivity index (χ3n) is 4.38. The van der Waals surface area contributed by atoms with Gasteiger partial charge in [-0.2, -0.15) is 0 Å². The van der Waals surface area contributed by atoms with Crippen LogP contribution in [0.1, 0.15) is 11.1 Å². The first-order valence-corrected chi connectivity index (χ1v) is 8.22. The summed E-state index contributed by atoms with van der Waals surface area (Å²) < 4.78 is 14.8. The summed E-state index contributed by atoms with van der Waals surface area (Å²) in [7, 11) is 0. The Morgan fingerprint density at radius 1 is 1.12 bits per heavy atom. The van der Waals surface area contributed by atoms with Crippen molar-refractivity contribution in [2.45, 2.75) is 12.1 Å². The van der Waals surface area contributed by atoms with Gasteiger partial charge in [0, 0.05) is 15.6 Å². The summed E-state index contributed by atoms with van der Waals surface area (Å²) in [6.45, 7) is -0.0557. The van der Waals surface area contributed by atoms with E-state index in [-0.39, 0.29) is 6.54 Å². The molecule has 8 heteroatoms. The topological polar surface area (TPSA) is 78.5 Å². The lowest BCUT2D eigenvalue weighted by Crippen LogP contribution is -2.52. The number of hydrogen-bond donors (Lipinski definition) is 2. The van der Waals surface area contributed by atoms with Crippen LogP contribution >= 0.6 is 15.9 Å². The molecular weight excluding hydrogens is 393 g/mol. The fourth-order valence-electron chi connectivity index (χ4n) is 3.23. The van der Waals surface area contributed by atoms with Crippen LogP contribution in [0.4, 0.5) is 14.9 Å². The highest BCUT2D eigenvalue weighted by Gasteiger charge is 2.61. The monoisotopic (exact) mass is 403 g/mol. The van der Waals surface area contributed by atoms with Crippen LogP contribution in [0, 0.1) is 5.82 Å². The Morgan fingerprint density at radius 3 is 2.56 bits per heavy atom. The van der Waals surface area contributed by atoms with Gasteiger partial charge in [0.05, 0.1) is 12.2 Å². The van der Waals surface area contributed by atoms with Gasteiger partial charge in [-0.3, -0.25) is 14.9 Å². The van der Waals surface area contributed by atoms with Crippen LogP contribution in [-0.2, 0) is 21.7 Å². The molecule has 1 unspecified atom stereocenters. The largest absolute Gasteiger partial charge is 0.323 e. The van der Waals surface area contributed by atoms with Crippen molar-refractivity contribution < 1.29 is 18.8 Å². The molecule has 2 aliphatic heterocycles. The van der Waals surface area contributed by atoms with Crippen molar-refractivity contribution in [2.75, 3.05) is 4.90 Å². The summed E-state index contributed by atoms with van der Waals surface area (Å²) in [5, 5.41) is 4.54. The van der Waals surface area contributed by atoms with E-state index in [0.29, 0.717) is 21.3 Å². The second-order valence-corrected chi connectivity index (χ2v) is 6.72. The molecule has 2 N–H and O–H groups in total. The van der Waals surface area contributed by atoms with Crippen LogP contribution in [0.15, 0.2) is 46.9 Å². The summed E-state index contributed by atoms with van der Waals surface area (Å²) >= 11 is 3.19. The first-order chi connectivity index (χ1) is 11.9. The van der Waals surface area contributed by atoms with E-state index in [0.717, 1.165) is 0 Å². The molecule has 0 aliphatic carbocycles. The zero-order chi connectivity index (χ0) is 17.8. The fourth-order valence-corrected chi connectivity index (χ4v) is 3.56. The van der Waals surface area contributed by atoms with Crippen molar-refractivity contribution in [1.29, 1.82) is 0 Å². The molecule has 1 fully saturated rings. The minimum Gasteiger partial charge on any atom is -0.312 e. The van der Waals surface area contributed by atoms with E-state index in [1.165, 1.54) is 11.0 Å². The van der Waals surface area contributed by atoms with Crippen molar-refractivity contribution in [3.63, 3.8) is 0 Å². The van der Waals surface area contributed by atoms with E-state index in [2.05, 4.69) is 26.6 Å². The normalized spacial score (nSPS) is 21.5. The van der Waals surface area contributed by atoms with Crippen molar-refractivity contribution >= 4 is 39.5 Å². The number of halogens is 2. The molecule has 0 bridgehead atoms. The molecule has 4 rings (SSSR count). The lowest BCUT2D eigenvalue weighted by atomic mass is 9.92. The quantitative estimate of drug-likeness (QED) is 0.595. The number of benzene rings is 2. The Morgan fingerprint density at radius 2 is 1.88 bits per heavy atom. The average molecular weight is 404 g/mol. The molecule has 4 amide bonds. The molecule has 126 valence electrons. The number of urea groups is 1. The molecule has 1 saturated heterocycles. The molecule has 1 spiro atoms. The number of para-hydroxylation sites is 1. The van der Waals surface area contributed by atoms with Gasteiger partial charge >= 0.3 is 6.03 Å². The van der Waals surface area contributed by atoms with E-state index >= 15 is 0 Å². The van der Waals surface area contributed by atoms with Crippen molar-refractivity contribution in [2.24, 2.45) is 0 Å². The highest BCUT2D eigenvalue weighted by Crippen LogP contribution is 2.42. The van der Waals surface area contributed by atoms with Crippen LogP contribution in [0.25, 0.3) is 0 Å². The minimum atomic E-state index is -1.79. The molecule has 2 heterocycles. The maximum Gasteiger partial charge on any atom is 0.323 e. The Bertz CT molecular complexity index is 948. The van der Waals surface area contributed by atoms with E-state index in [1.807, 2.05) is 0 Å². The smallest absolute Gasteiger partial charge is 0.312 e. The summed E-state index contributed by atoms with van der Waals surface area (Å²) in [6, 6.07) is 10.5. The van der Waals surface area contributed by atoms with Crippen molar-refractivity contribution in [3.8, 4) is 0 Å². The Hall–Kier alpha value is -2.74. The van der Waals surface area contributed by atoms with Crippen molar-refractivity contribution in [3.05, 3.63) is 63.9 Å². The second-order valence-electron chi connectivity index (χ2n) is 5.80. The molecule has 1 atom stereocenters. The summed E-state index contributed by atoms with van der Waals surface area (Å²) in [6.07, 6.45) is 0. The Kier molecular flexibility index (Phi) is 3.40. The molecule has 0 radical (unpaired) electrons. The molecule has 2 aromatic rings.